The Morgan fingerprint density at radius 1 is 0.909 bits per heavy atom. The van der Waals surface area contributed by atoms with E-state index in [1.165, 1.54) is 26.4 Å². The normalized spacial score (nSPS) is 13.5. The minimum Gasteiger partial charge on any atom is -0.493 e. The van der Waals surface area contributed by atoms with Crippen molar-refractivity contribution in [1.82, 2.24) is 4.90 Å². The molecule has 3 aromatic rings. The molecular formula is C25H20ClFN2O4. The van der Waals surface area contributed by atoms with Crippen molar-refractivity contribution in [2.24, 2.45) is 0 Å². The molecule has 0 saturated heterocycles. The molecule has 3 aromatic carbocycles. The van der Waals surface area contributed by atoms with Crippen LogP contribution in [0, 0.1) is 5.82 Å². The molecule has 1 aliphatic rings. The van der Waals surface area contributed by atoms with Gasteiger partial charge in [0.15, 0.2) is 11.5 Å². The van der Waals surface area contributed by atoms with Crippen LogP contribution < -0.4 is 14.8 Å². The summed E-state index contributed by atoms with van der Waals surface area (Å²) in [5.41, 5.74) is 1.51. The van der Waals surface area contributed by atoms with E-state index in [0.29, 0.717) is 27.8 Å². The average Bonchev–Trinajstić information content (AvgIpc) is 3.05. The van der Waals surface area contributed by atoms with Gasteiger partial charge < -0.3 is 14.8 Å². The highest BCUT2D eigenvalue weighted by molar-refractivity contribution is 6.36. The van der Waals surface area contributed by atoms with Gasteiger partial charge in [-0.1, -0.05) is 41.9 Å². The van der Waals surface area contributed by atoms with Gasteiger partial charge in [0.25, 0.3) is 11.8 Å². The Balaban J connectivity index is 1.75. The van der Waals surface area contributed by atoms with E-state index in [4.69, 9.17) is 21.1 Å². The van der Waals surface area contributed by atoms with Crippen LogP contribution in [0.5, 0.6) is 11.5 Å². The summed E-state index contributed by atoms with van der Waals surface area (Å²) in [7, 11) is 3.02. The zero-order valence-electron chi connectivity index (χ0n) is 17.9. The Morgan fingerprint density at radius 3 is 2.27 bits per heavy atom. The number of carbonyl (C=O) groups excluding carboxylic acids is 2. The Kier molecular flexibility index (Phi) is 6.33. The highest BCUT2D eigenvalue weighted by Gasteiger charge is 2.39. The molecule has 4 rings (SSSR count). The molecule has 168 valence electrons. The van der Waals surface area contributed by atoms with Crippen molar-refractivity contribution in [1.29, 1.82) is 0 Å². The largest absolute Gasteiger partial charge is 0.493 e. The molecule has 1 N–H and O–H groups in total. The number of hydrogen-bond donors (Lipinski definition) is 1. The first kappa shape index (κ1) is 22.4. The molecule has 0 unspecified atom stereocenters. The van der Waals surface area contributed by atoms with Gasteiger partial charge in [0.2, 0.25) is 0 Å². The molecule has 6 nitrogen and oxygen atoms in total. The number of amides is 2. The van der Waals surface area contributed by atoms with Crippen LogP contribution in [0.4, 0.5) is 10.1 Å². The van der Waals surface area contributed by atoms with E-state index in [1.54, 1.807) is 54.6 Å². The van der Waals surface area contributed by atoms with Crippen LogP contribution in [0.3, 0.4) is 0 Å². The highest BCUT2D eigenvalue weighted by atomic mass is 35.5. The number of benzene rings is 3. The SMILES string of the molecule is COc1ccc(NC2=C(c3ccc(Cl)cc3)C(=O)N(Cc3ccccc3F)C2=O)cc1OC. The van der Waals surface area contributed by atoms with Gasteiger partial charge >= 0.3 is 0 Å². The monoisotopic (exact) mass is 466 g/mol. The second-order valence-electron chi connectivity index (χ2n) is 7.24. The Labute approximate surface area is 195 Å². The lowest BCUT2D eigenvalue weighted by Crippen LogP contribution is -2.32. The van der Waals surface area contributed by atoms with Crippen LogP contribution in [0.1, 0.15) is 11.1 Å². The van der Waals surface area contributed by atoms with Crippen LogP contribution in [-0.2, 0) is 16.1 Å². The fourth-order valence-corrected chi connectivity index (χ4v) is 3.70. The van der Waals surface area contributed by atoms with Gasteiger partial charge in [-0.05, 0) is 35.9 Å². The summed E-state index contributed by atoms with van der Waals surface area (Å²) in [6.45, 7) is -0.196. The smallest absolute Gasteiger partial charge is 0.278 e. The molecular weight excluding hydrogens is 447 g/mol. The summed E-state index contributed by atoms with van der Waals surface area (Å²) in [5, 5.41) is 3.54. The molecule has 0 saturated carbocycles. The van der Waals surface area contributed by atoms with E-state index < -0.39 is 17.6 Å². The number of nitrogens with one attached hydrogen (secondary N) is 1. The molecule has 8 heteroatoms. The lowest BCUT2D eigenvalue weighted by atomic mass is 10.0. The minimum absolute atomic E-state index is 0.0749. The number of rotatable bonds is 7. The quantitative estimate of drug-likeness (QED) is 0.502. The molecule has 0 atom stereocenters. The summed E-state index contributed by atoms with van der Waals surface area (Å²) in [5.74, 6) is -0.620. The zero-order valence-corrected chi connectivity index (χ0v) is 18.7. The average molecular weight is 467 g/mol. The number of hydrogen-bond acceptors (Lipinski definition) is 5. The first-order valence-electron chi connectivity index (χ1n) is 10.0. The summed E-state index contributed by atoms with van der Waals surface area (Å²) >= 11 is 6.00. The highest BCUT2D eigenvalue weighted by Crippen LogP contribution is 2.35. The van der Waals surface area contributed by atoms with Gasteiger partial charge in [-0.15, -0.1) is 0 Å². The van der Waals surface area contributed by atoms with Crippen LogP contribution in [-0.4, -0.2) is 30.9 Å². The second kappa shape index (κ2) is 9.34. The maximum atomic E-state index is 14.2. The number of ether oxygens (including phenoxy) is 2. The second-order valence-corrected chi connectivity index (χ2v) is 7.68. The predicted molar refractivity (Wildman–Crippen MR) is 123 cm³/mol. The van der Waals surface area contributed by atoms with Crippen LogP contribution >= 0.6 is 11.6 Å². The van der Waals surface area contributed by atoms with Crippen molar-refractivity contribution in [3.63, 3.8) is 0 Å². The number of halogens is 2. The lowest BCUT2D eigenvalue weighted by molar-refractivity contribution is -0.137. The summed E-state index contributed by atoms with van der Waals surface area (Å²) < 4.78 is 24.8. The third-order valence-electron chi connectivity index (χ3n) is 5.24. The topological polar surface area (TPSA) is 67.9 Å². The van der Waals surface area contributed by atoms with Crippen molar-refractivity contribution < 1.29 is 23.5 Å². The van der Waals surface area contributed by atoms with Gasteiger partial charge in [0, 0.05) is 22.3 Å². The molecule has 1 aliphatic heterocycles. The van der Waals surface area contributed by atoms with E-state index in [2.05, 4.69) is 5.32 Å². The Hall–Kier alpha value is -3.84. The first-order chi connectivity index (χ1) is 15.9. The molecule has 33 heavy (non-hydrogen) atoms. The third-order valence-corrected chi connectivity index (χ3v) is 5.49. The zero-order chi connectivity index (χ0) is 23.5. The van der Waals surface area contributed by atoms with E-state index in [0.717, 1.165) is 4.90 Å². The maximum Gasteiger partial charge on any atom is 0.278 e. The molecule has 0 radical (unpaired) electrons. The fraction of sp³-hybridized carbons (Fsp3) is 0.120. The van der Waals surface area contributed by atoms with Crippen molar-refractivity contribution >= 4 is 34.7 Å². The van der Waals surface area contributed by atoms with Gasteiger partial charge in [-0.25, -0.2) is 4.39 Å². The molecule has 2 amide bonds. The maximum absolute atomic E-state index is 14.2. The van der Waals surface area contributed by atoms with Gasteiger partial charge in [-0.2, -0.15) is 0 Å². The first-order valence-corrected chi connectivity index (χ1v) is 10.4. The van der Waals surface area contributed by atoms with E-state index >= 15 is 0 Å². The molecule has 1 heterocycles. The number of anilines is 1. The molecule has 0 spiro atoms. The van der Waals surface area contributed by atoms with Crippen molar-refractivity contribution in [3.8, 4) is 11.5 Å². The number of methoxy groups -OCH3 is 2. The number of imide groups is 1. The molecule has 0 aromatic heterocycles. The lowest BCUT2D eigenvalue weighted by Gasteiger charge is -2.16. The van der Waals surface area contributed by atoms with E-state index in [9.17, 15) is 14.0 Å². The summed E-state index contributed by atoms with van der Waals surface area (Å²) in [6.07, 6.45) is 0. The third kappa shape index (κ3) is 4.40. The van der Waals surface area contributed by atoms with E-state index in [-0.39, 0.29) is 23.4 Å². The van der Waals surface area contributed by atoms with Crippen molar-refractivity contribution in [2.75, 3.05) is 19.5 Å². The van der Waals surface area contributed by atoms with Crippen molar-refractivity contribution in [2.45, 2.75) is 6.54 Å². The standard InChI is InChI=1S/C25H20ClFN2O4/c1-32-20-12-11-18(13-21(20)33-2)28-23-22(15-7-9-17(26)10-8-15)24(30)29(25(23)31)14-16-5-3-4-6-19(16)27/h3-13,28H,14H2,1-2H3. The van der Waals surface area contributed by atoms with Gasteiger partial charge in [0.1, 0.15) is 11.5 Å². The molecule has 0 aliphatic carbocycles. The van der Waals surface area contributed by atoms with Crippen LogP contribution in [0.2, 0.25) is 5.02 Å². The van der Waals surface area contributed by atoms with E-state index in [1.807, 2.05) is 0 Å². The van der Waals surface area contributed by atoms with Crippen molar-refractivity contribution in [3.05, 3.63) is 94.4 Å². The van der Waals surface area contributed by atoms with Crippen LogP contribution in [0.25, 0.3) is 5.57 Å². The minimum atomic E-state index is -0.567. The predicted octanol–water partition coefficient (Wildman–Crippen LogP) is 4.89. The Bertz CT molecular complexity index is 1260. The fourth-order valence-electron chi connectivity index (χ4n) is 3.58. The number of nitrogens with zero attached hydrogens (tertiary/aromatic N) is 1. The van der Waals surface area contributed by atoms with Gasteiger partial charge in [0.05, 0.1) is 26.3 Å². The Morgan fingerprint density at radius 2 is 1.61 bits per heavy atom. The summed E-state index contributed by atoms with van der Waals surface area (Å²) in [4.78, 5) is 27.7. The number of carbonyl (C=O) groups is 2. The molecule has 0 bridgehead atoms. The summed E-state index contributed by atoms with van der Waals surface area (Å²) in [6, 6.07) is 17.7. The van der Waals surface area contributed by atoms with Gasteiger partial charge in [-0.3, -0.25) is 14.5 Å². The van der Waals surface area contributed by atoms with Crippen LogP contribution in [0.15, 0.2) is 72.4 Å². The molecule has 0 fully saturated rings.